The highest BCUT2D eigenvalue weighted by Crippen LogP contribution is 2.23. The highest BCUT2D eigenvalue weighted by molar-refractivity contribution is 5.21. The van der Waals surface area contributed by atoms with E-state index in [1.807, 2.05) is 6.07 Å². The predicted molar refractivity (Wildman–Crippen MR) is 68.1 cm³/mol. The maximum atomic E-state index is 13.2. The van der Waals surface area contributed by atoms with Crippen molar-refractivity contribution in [1.29, 1.82) is 0 Å². The van der Waals surface area contributed by atoms with Crippen LogP contribution in [0.25, 0.3) is 0 Å². The maximum Gasteiger partial charge on any atom is 0.123 e. The minimum atomic E-state index is -0.190. The second-order valence-corrected chi connectivity index (χ2v) is 4.60. The Morgan fingerprint density at radius 3 is 2.88 bits per heavy atom. The molecule has 1 aliphatic heterocycles. The molecule has 1 aromatic carbocycles. The second-order valence-electron chi connectivity index (χ2n) is 4.60. The van der Waals surface area contributed by atoms with E-state index in [0.29, 0.717) is 6.54 Å². The van der Waals surface area contributed by atoms with Gasteiger partial charge in [0.05, 0.1) is 0 Å². The number of hydrogen-bond donors (Lipinski definition) is 1. The van der Waals surface area contributed by atoms with Crippen molar-refractivity contribution in [2.24, 2.45) is 5.73 Å². The highest BCUT2D eigenvalue weighted by atomic mass is 19.1. The molecule has 0 radical (unpaired) electrons. The summed E-state index contributed by atoms with van der Waals surface area (Å²) in [5, 5.41) is 0. The van der Waals surface area contributed by atoms with Crippen LogP contribution in [-0.4, -0.2) is 24.5 Å². The number of halogens is 1. The van der Waals surface area contributed by atoms with Crippen LogP contribution >= 0.6 is 0 Å². The fourth-order valence-electron chi connectivity index (χ4n) is 2.28. The molecule has 0 spiro atoms. The zero-order valence-corrected chi connectivity index (χ0v) is 10.2. The fraction of sp³-hybridized carbons (Fsp3) is 0.429. The number of rotatable bonds is 3. The minimum Gasteiger partial charge on any atom is -0.329 e. The Labute approximate surface area is 102 Å². The minimum absolute atomic E-state index is 0.120. The zero-order chi connectivity index (χ0) is 12.3. The zero-order valence-electron chi connectivity index (χ0n) is 10.2. The van der Waals surface area contributed by atoms with Crippen molar-refractivity contribution in [3.05, 3.63) is 47.3 Å². The molecule has 0 bridgehead atoms. The van der Waals surface area contributed by atoms with Crippen LogP contribution in [0.2, 0.25) is 0 Å². The van der Waals surface area contributed by atoms with Crippen LogP contribution < -0.4 is 5.73 Å². The second kappa shape index (κ2) is 5.43. The molecule has 0 saturated carbocycles. The molecular formula is C14H19FN2. The van der Waals surface area contributed by atoms with Gasteiger partial charge in [0.25, 0.3) is 0 Å². The molecular weight excluding hydrogens is 215 g/mol. The first-order chi connectivity index (χ1) is 8.20. The van der Waals surface area contributed by atoms with Gasteiger partial charge in [0, 0.05) is 25.7 Å². The van der Waals surface area contributed by atoms with Crippen molar-refractivity contribution in [1.82, 2.24) is 4.90 Å². The summed E-state index contributed by atoms with van der Waals surface area (Å²) in [5.74, 6) is -0.190. The molecule has 92 valence electrons. The predicted octanol–water partition coefficient (Wildman–Crippen LogP) is 2.48. The Balaban J connectivity index is 2.16. The van der Waals surface area contributed by atoms with Crippen LogP contribution in [-0.2, 0) is 0 Å². The van der Waals surface area contributed by atoms with Gasteiger partial charge in [-0.3, -0.25) is 4.90 Å². The summed E-state index contributed by atoms with van der Waals surface area (Å²) in [4.78, 5) is 2.31. The van der Waals surface area contributed by atoms with Gasteiger partial charge in [-0.15, -0.1) is 0 Å². The number of nitrogens with two attached hydrogens (primary N) is 1. The third-order valence-corrected chi connectivity index (χ3v) is 3.37. The summed E-state index contributed by atoms with van der Waals surface area (Å²) in [7, 11) is 0. The number of nitrogens with zero attached hydrogens (tertiary/aromatic N) is 1. The van der Waals surface area contributed by atoms with Crippen molar-refractivity contribution in [2.75, 3.05) is 19.6 Å². The third kappa shape index (κ3) is 2.93. The largest absolute Gasteiger partial charge is 0.329 e. The van der Waals surface area contributed by atoms with Crippen molar-refractivity contribution < 1.29 is 4.39 Å². The van der Waals surface area contributed by atoms with Crippen molar-refractivity contribution in [3.8, 4) is 0 Å². The summed E-state index contributed by atoms with van der Waals surface area (Å²) in [6.45, 7) is 4.58. The Hall–Kier alpha value is -1.19. The summed E-state index contributed by atoms with van der Waals surface area (Å²) in [5.41, 5.74) is 8.24. The molecule has 0 amide bonds. The molecule has 3 heteroatoms. The van der Waals surface area contributed by atoms with E-state index in [1.54, 1.807) is 12.1 Å². The van der Waals surface area contributed by atoms with Gasteiger partial charge in [0.2, 0.25) is 0 Å². The SMILES string of the molecule is CC1=CCN(C(CN)c2cccc(F)c2)CC1. The van der Waals surface area contributed by atoms with E-state index in [0.717, 1.165) is 25.1 Å². The van der Waals surface area contributed by atoms with Gasteiger partial charge in [-0.05, 0) is 31.0 Å². The number of benzene rings is 1. The monoisotopic (exact) mass is 234 g/mol. The standard InChI is InChI=1S/C14H19FN2/c1-11-5-7-17(8-6-11)14(10-16)12-3-2-4-13(15)9-12/h2-5,9,14H,6-8,10,16H2,1H3. The molecule has 1 aliphatic rings. The van der Waals surface area contributed by atoms with E-state index in [-0.39, 0.29) is 11.9 Å². The molecule has 0 fully saturated rings. The van der Waals surface area contributed by atoms with E-state index in [1.165, 1.54) is 11.6 Å². The molecule has 0 saturated heterocycles. The van der Waals surface area contributed by atoms with E-state index < -0.39 is 0 Å². The lowest BCUT2D eigenvalue weighted by atomic mass is 10.0. The average Bonchev–Trinajstić information content (AvgIpc) is 2.33. The summed E-state index contributed by atoms with van der Waals surface area (Å²) in [6.07, 6.45) is 3.30. The van der Waals surface area contributed by atoms with Gasteiger partial charge in [0.1, 0.15) is 5.82 Å². The molecule has 0 aliphatic carbocycles. The van der Waals surface area contributed by atoms with Gasteiger partial charge in [-0.1, -0.05) is 23.8 Å². The lowest BCUT2D eigenvalue weighted by Gasteiger charge is -2.33. The van der Waals surface area contributed by atoms with E-state index in [9.17, 15) is 4.39 Å². The summed E-state index contributed by atoms with van der Waals surface area (Å²) in [6, 6.07) is 6.87. The Morgan fingerprint density at radius 1 is 1.47 bits per heavy atom. The first kappa shape index (κ1) is 12.3. The molecule has 1 aromatic rings. The van der Waals surface area contributed by atoms with E-state index in [2.05, 4.69) is 17.9 Å². The molecule has 1 unspecified atom stereocenters. The summed E-state index contributed by atoms with van der Waals surface area (Å²) < 4.78 is 13.2. The first-order valence-electron chi connectivity index (χ1n) is 6.06. The van der Waals surface area contributed by atoms with Crippen molar-refractivity contribution in [3.63, 3.8) is 0 Å². The molecule has 2 N–H and O–H groups in total. The van der Waals surface area contributed by atoms with E-state index in [4.69, 9.17) is 5.73 Å². The Morgan fingerprint density at radius 2 is 2.29 bits per heavy atom. The van der Waals surface area contributed by atoms with Crippen LogP contribution in [0.5, 0.6) is 0 Å². The molecule has 2 nitrogen and oxygen atoms in total. The van der Waals surface area contributed by atoms with Crippen molar-refractivity contribution in [2.45, 2.75) is 19.4 Å². The van der Waals surface area contributed by atoms with Crippen LogP contribution in [0.1, 0.15) is 24.9 Å². The molecule has 0 aromatic heterocycles. The lowest BCUT2D eigenvalue weighted by molar-refractivity contribution is 0.217. The molecule has 17 heavy (non-hydrogen) atoms. The van der Waals surface area contributed by atoms with Gasteiger partial charge in [0.15, 0.2) is 0 Å². The van der Waals surface area contributed by atoms with E-state index >= 15 is 0 Å². The van der Waals surface area contributed by atoms with Crippen LogP contribution in [0.4, 0.5) is 4.39 Å². The van der Waals surface area contributed by atoms with Gasteiger partial charge < -0.3 is 5.73 Å². The Kier molecular flexibility index (Phi) is 3.92. The normalized spacial score (nSPS) is 18.9. The molecule has 1 heterocycles. The van der Waals surface area contributed by atoms with Gasteiger partial charge in [-0.2, -0.15) is 0 Å². The highest BCUT2D eigenvalue weighted by Gasteiger charge is 2.20. The molecule has 1 atom stereocenters. The first-order valence-corrected chi connectivity index (χ1v) is 6.06. The number of hydrogen-bond acceptors (Lipinski definition) is 2. The smallest absolute Gasteiger partial charge is 0.123 e. The maximum absolute atomic E-state index is 13.2. The average molecular weight is 234 g/mol. The van der Waals surface area contributed by atoms with Crippen LogP contribution in [0.15, 0.2) is 35.9 Å². The topological polar surface area (TPSA) is 29.3 Å². The van der Waals surface area contributed by atoms with Crippen molar-refractivity contribution >= 4 is 0 Å². The van der Waals surface area contributed by atoms with Crippen LogP contribution in [0, 0.1) is 5.82 Å². The van der Waals surface area contributed by atoms with Crippen LogP contribution in [0.3, 0.4) is 0 Å². The van der Waals surface area contributed by atoms with Gasteiger partial charge in [-0.25, -0.2) is 4.39 Å². The lowest BCUT2D eigenvalue weighted by Crippen LogP contribution is -2.36. The quantitative estimate of drug-likeness (QED) is 0.814. The third-order valence-electron chi connectivity index (χ3n) is 3.37. The fourth-order valence-corrected chi connectivity index (χ4v) is 2.28. The van der Waals surface area contributed by atoms with Gasteiger partial charge >= 0.3 is 0 Å². The molecule has 2 rings (SSSR count). The summed E-state index contributed by atoms with van der Waals surface area (Å²) >= 11 is 0. The Bertz CT molecular complexity index is 414.